The summed E-state index contributed by atoms with van der Waals surface area (Å²) < 4.78 is 8.58. The minimum Gasteiger partial charge on any atom is -0.453 e. The van der Waals surface area contributed by atoms with Gasteiger partial charge >= 0.3 is 0 Å². The van der Waals surface area contributed by atoms with Gasteiger partial charge in [-0.05, 0) is 71.8 Å². The molecule has 0 aliphatic carbocycles. The van der Waals surface area contributed by atoms with Gasteiger partial charge in [-0.2, -0.15) is 0 Å². The van der Waals surface area contributed by atoms with Crippen LogP contribution in [0.15, 0.2) is 97.3 Å². The second kappa shape index (κ2) is 6.73. The Labute approximate surface area is 208 Å². The van der Waals surface area contributed by atoms with E-state index < -0.39 is 0 Å². The molecule has 0 fully saturated rings. The molecule has 0 radical (unpaired) electrons. The van der Waals surface area contributed by atoms with Crippen molar-refractivity contribution >= 4 is 39.1 Å². The predicted octanol–water partition coefficient (Wildman–Crippen LogP) is 7.79. The number of hydrogen-bond acceptors (Lipinski definition) is 4. The summed E-state index contributed by atoms with van der Waals surface area (Å²) in [6, 6.07) is 29.5. The van der Waals surface area contributed by atoms with Crippen LogP contribution in [0, 0.1) is 0 Å². The van der Waals surface area contributed by atoms with E-state index in [0.29, 0.717) is 0 Å². The highest BCUT2D eigenvalue weighted by atomic mass is 16.5. The summed E-state index contributed by atoms with van der Waals surface area (Å²) in [5.74, 6) is 1.71. The van der Waals surface area contributed by atoms with Crippen molar-refractivity contribution in [2.24, 2.45) is 0 Å². The normalized spacial score (nSPS) is 14.8. The third kappa shape index (κ3) is 2.39. The van der Waals surface area contributed by atoms with Crippen LogP contribution in [-0.4, -0.2) is 14.5 Å². The molecule has 0 bridgehead atoms. The Kier molecular flexibility index (Phi) is 3.67. The predicted molar refractivity (Wildman–Crippen MR) is 143 cm³/mol. The van der Waals surface area contributed by atoms with E-state index in [-0.39, 0.29) is 5.41 Å². The zero-order chi connectivity index (χ0) is 24.0. The Bertz CT molecular complexity index is 1820. The van der Waals surface area contributed by atoms with Crippen molar-refractivity contribution in [3.05, 3.63) is 108 Å². The van der Waals surface area contributed by atoms with Gasteiger partial charge in [0.05, 0.1) is 28.1 Å². The Hall–Kier alpha value is -4.64. The van der Waals surface area contributed by atoms with Crippen LogP contribution in [0.1, 0.15) is 25.0 Å². The van der Waals surface area contributed by atoms with E-state index in [4.69, 9.17) is 14.7 Å². The van der Waals surface area contributed by atoms with Gasteiger partial charge in [0, 0.05) is 23.5 Å². The molecule has 3 aromatic heterocycles. The molecule has 0 saturated carbocycles. The molecule has 0 spiro atoms. The molecule has 36 heavy (non-hydrogen) atoms. The lowest BCUT2D eigenvalue weighted by Gasteiger charge is -2.37. The van der Waals surface area contributed by atoms with E-state index in [1.54, 1.807) is 0 Å². The fourth-order valence-electron chi connectivity index (χ4n) is 5.97. The minimum absolute atomic E-state index is 0.220. The maximum atomic E-state index is 6.25. The van der Waals surface area contributed by atoms with Crippen LogP contribution in [0.4, 0.5) is 17.1 Å². The topological polar surface area (TPSA) is 43.2 Å². The summed E-state index contributed by atoms with van der Waals surface area (Å²) in [4.78, 5) is 11.8. The van der Waals surface area contributed by atoms with E-state index in [9.17, 15) is 0 Å². The summed E-state index contributed by atoms with van der Waals surface area (Å²) in [5, 5.41) is 0. The van der Waals surface area contributed by atoms with Crippen molar-refractivity contribution in [3.8, 4) is 17.2 Å². The maximum absolute atomic E-state index is 6.25. The summed E-state index contributed by atoms with van der Waals surface area (Å²) in [7, 11) is 0. The number of nitrogens with zero attached hydrogens (tertiary/aromatic N) is 4. The largest absolute Gasteiger partial charge is 0.453 e. The van der Waals surface area contributed by atoms with Gasteiger partial charge in [0.2, 0.25) is 0 Å². The molecule has 5 nitrogen and oxygen atoms in total. The van der Waals surface area contributed by atoms with Gasteiger partial charge in [0.1, 0.15) is 11.0 Å². The number of aromatic nitrogens is 3. The molecule has 0 amide bonds. The Balaban J connectivity index is 1.43. The summed E-state index contributed by atoms with van der Waals surface area (Å²) in [6.45, 7) is 4.61. The van der Waals surface area contributed by atoms with Crippen LogP contribution < -0.4 is 9.64 Å². The van der Waals surface area contributed by atoms with Gasteiger partial charge < -0.3 is 14.2 Å². The molecule has 172 valence electrons. The van der Waals surface area contributed by atoms with Crippen molar-refractivity contribution in [1.29, 1.82) is 0 Å². The quantitative estimate of drug-likeness (QED) is 0.248. The molecule has 3 aromatic carbocycles. The van der Waals surface area contributed by atoms with E-state index in [1.165, 1.54) is 16.8 Å². The molecule has 0 unspecified atom stereocenters. The molecule has 0 atom stereocenters. The van der Waals surface area contributed by atoms with E-state index >= 15 is 0 Å². The van der Waals surface area contributed by atoms with Crippen LogP contribution >= 0.6 is 0 Å². The molecule has 0 N–H and O–H groups in total. The first-order chi connectivity index (χ1) is 17.6. The number of benzene rings is 3. The molecule has 2 aliphatic heterocycles. The standard InChI is InChI=1S/C31H22N4O/c1-31(2)20-15-17-33-29-28-25(10-7-16-32-28)35(30(20)29)22-14-13-19(18-21(22)31)34-23-8-3-5-11-26(23)36-27-12-6-4-9-24(27)34/h3-18H,1-2H3. The van der Waals surface area contributed by atoms with Crippen molar-refractivity contribution in [2.45, 2.75) is 19.3 Å². The Morgan fingerprint density at radius 3 is 2.17 bits per heavy atom. The maximum Gasteiger partial charge on any atom is 0.151 e. The zero-order valence-corrected chi connectivity index (χ0v) is 19.9. The van der Waals surface area contributed by atoms with E-state index in [1.807, 2.05) is 42.7 Å². The first-order valence-corrected chi connectivity index (χ1v) is 12.2. The first kappa shape index (κ1) is 19.6. The molecular weight excluding hydrogens is 444 g/mol. The molecule has 2 aliphatic rings. The average Bonchev–Trinajstić information content (AvgIpc) is 3.25. The second-order valence-corrected chi connectivity index (χ2v) is 9.96. The number of hydrogen-bond donors (Lipinski definition) is 0. The molecule has 8 rings (SSSR count). The SMILES string of the molecule is CC1(C)c2cc(N3c4ccccc4Oc4ccccc43)ccc2-n2c3cccnc3c3nccc1c32. The molecule has 5 heterocycles. The first-order valence-electron chi connectivity index (χ1n) is 12.2. The van der Waals surface area contributed by atoms with Crippen molar-refractivity contribution < 1.29 is 4.74 Å². The van der Waals surface area contributed by atoms with Gasteiger partial charge in [0.15, 0.2) is 11.5 Å². The summed E-state index contributed by atoms with van der Waals surface area (Å²) in [5.41, 5.74) is 10.8. The molecule has 0 saturated heterocycles. The number of para-hydroxylation sites is 4. The summed E-state index contributed by atoms with van der Waals surface area (Å²) >= 11 is 0. The lowest BCUT2D eigenvalue weighted by Crippen LogP contribution is -2.27. The van der Waals surface area contributed by atoms with Crippen LogP contribution in [0.5, 0.6) is 11.5 Å². The zero-order valence-electron chi connectivity index (χ0n) is 19.9. The fraction of sp³-hybridized carbons (Fsp3) is 0.0968. The number of ether oxygens (including phenoxy) is 1. The van der Waals surface area contributed by atoms with Gasteiger partial charge in [0.25, 0.3) is 0 Å². The van der Waals surface area contributed by atoms with Crippen LogP contribution in [0.3, 0.4) is 0 Å². The van der Waals surface area contributed by atoms with Gasteiger partial charge in [-0.25, -0.2) is 0 Å². The third-order valence-corrected chi connectivity index (χ3v) is 7.66. The Morgan fingerprint density at radius 1 is 0.667 bits per heavy atom. The fourth-order valence-corrected chi connectivity index (χ4v) is 5.97. The van der Waals surface area contributed by atoms with E-state index in [0.717, 1.165) is 50.6 Å². The van der Waals surface area contributed by atoms with Gasteiger partial charge in [-0.1, -0.05) is 38.1 Å². The number of rotatable bonds is 1. The Morgan fingerprint density at radius 2 is 1.39 bits per heavy atom. The van der Waals surface area contributed by atoms with Gasteiger partial charge in [-0.3, -0.25) is 9.97 Å². The molecular formula is C31H22N4O. The van der Waals surface area contributed by atoms with Crippen molar-refractivity contribution in [1.82, 2.24) is 14.5 Å². The molecule has 6 aromatic rings. The van der Waals surface area contributed by atoms with E-state index in [2.05, 4.69) is 77.9 Å². The number of fused-ring (bicyclic) bond motifs is 7. The number of anilines is 3. The van der Waals surface area contributed by atoms with Crippen molar-refractivity contribution in [3.63, 3.8) is 0 Å². The van der Waals surface area contributed by atoms with Crippen LogP contribution in [-0.2, 0) is 5.41 Å². The van der Waals surface area contributed by atoms with Crippen molar-refractivity contribution in [2.75, 3.05) is 4.90 Å². The monoisotopic (exact) mass is 466 g/mol. The smallest absolute Gasteiger partial charge is 0.151 e. The minimum atomic E-state index is -0.220. The van der Waals surface area contributed by atoms with Gasteiger partial charge in [-0.15, -0.1) is 0 Å². The molecule has 5 heteroatoms. The number of pyridine rings is 2. The highest BCUT2D eigenvalue weighted by Gasteiger charge is 2.37. The highest BCUT2D eigenvalue weighted by Crippen LogP contribution is 2.52. The lowest BCUT2D eigenvalue weighted by molar-refractivity contribution is 0.477. The second-order valence-electron chi connectivity index (χ2n) is 9.96. The average molecular weight is 467 g/mol. The third-order valence-electron chi connectivity index (χ3n) is 7.66. The lowest BCUT2D eigenvalue weighted by atomic mass is 9.75. The summed E-state index contributed by atoms with van der Waals surface area (Å²) in [6.07, 6.45) is 3.77. The van der Waals surface area contributed by atoms with Crippen LogP contribution in [0.25, 0.3) is 27.8 Å². The highest BCUT2D eigenvalue weighted by molar-refractivity contribution is 6.07. The van der Waals surface area contributed by atoms with Crippen LogP contribution in [0.2, 0.25) is 0 Å².